The number of alkyl halides is 2. The van der Waals surface area contributed by atoms with Crippen LogP contribution in [0.15, 0.2) is 48.1 Å². The molecule has 1 amide bonds. The van der Waals surface area contributed by atoms with Crippen molar-refractivity contribution in [2.45, 2.75) is 87.5 Å². The smallest absolute Gasteiger partial charge is 0.269 e. The number of benzene rings is 1. The van der Waals surface area contributed by atoms with E-state index in [1.54, 1.807) is 12.2 Å². The third kappa shape index (κ3) is 5.42. The lowest BCUT2D eigenvalue weighted by Gasteiger charge is -2.59. The van der Waals surface area contributed by atoms with Crippen molar-refractivity contribution in [1.29, 1.82) is 0 Å². The van der Waals surface area contributed by atoms with Gasteiger partial charge in [0.05, 0.1) is 23.2 Å². The van der Waals surface area contributed by atoms with Crippen LogP contribution in [-0.2, 0) is 14.4 Å². The number of ketones is 2. The topological polar surface area (TPSA) is 167 Å². The zero-order valence-corrected chi connectivity index (χ0v) is 26.1. The zero-order chi connectivity index (χ0) is 32.2. The molecule has 0 spiro atoms. The van der Waals surface area contributed by atoms with Crippen molar-refractivity contribution in [3.63, 3.8) is 0 Å². The number of halogens is 2. The lowest BCUT2D eigenvalue weighted by molar-refractivity contribution is -0.384. The first kappa shape index (κ1) is 32.8. The number of nitro groups is 1. The molecule has 0 radical (unpaired) electrons. The van der Waals surface area contributed by atoms with Gasteiger partial charge in [0, 0.05) is 35.3 Å². The number of hydrogen-bond acceptors (Lipinski definition) is 8. The van der Waals surface area contributed by atoms with Crippen LogP contribution in [0.25, 0.3) is 0 Å². The number of nitrogens with zero attached hydrogens (tertiary/aromatic N) is 1. The standard InChI is InChI=1S/C32H38Cl2N2O8/c1-30-13-11-20(37)15-18(30)5-8-21-22-12-14-32(42,31(22,2)16-24(38)26(21)30)25(39)10-9-23(35-29(41)28(33)34)27(40)17-3-6-19(7-4-17)36(43)44/h3-4,6-7,11,13,15,21-24,26-28,38,40,42H,5,8-10,12,14,16H2,1-2H3,(H,35,41)/t21-,22-,23+,24-,26?,27+,30-,31-,32-/m0/s1. The number of aliphatic hydroxyl groups is 3. The average Bonchev–Trinajstić information content (AvgIpc) is 3.25. The van der Waals surface area contributed by atoms with Crippen molar-refractivity contribution in [3.05, 3.63) is 63.7 Å². The predicted octanol–water partition coefficient (Wildman–Crippen LogP) is 4.28. The van der Waals surface area contributed by atoms with Crippen LogP contribution >= 0.6 is 23.2 Å². The van der Waals surface area contributed by atoms with Gasteiger partial charge < -0.3 is 20.6 Å². The van der Waals surface area contributed by atoms with E-state index < -0.39 is 56.1 Å². The normalized spacial score (nSPS) is 35.6. The van der Waals surface area contributed by atoms with E-state index in [1.165, 1.54) is 24.3 Å². The van der Waals surface area contributed by atoms with E-state index in [0.717, 1.165) is 12.0 Å². The average molecular weight is 650 g/mol. The monoisotopic (exact) mass is 648 g/mol. The number of hydrogen-bond donors (Lipinski definition) is 4. The molecule has 9 atom stereocenters. The Morgan fingerprint density at radius 2 is 1.86 bits per heavy atom. The zero-order valence-electron chi connectivity index (χ0n) is 24.6. The first-order valence-electron chi connectivity index (χ1n) is 15.0. The molecule has 1 unspecified atom stereocenters. The predicted molar refractivity (Wildman–Crippen MR) is 163 cm³/mol. The molecule has 3 saturated carbocycles. The van der Waals surface area contributed by atoms with Gasteiger partial charge in [-0.05, 0) is 80.2 Å². The number of carbonyl (C=O) groups is 3. The maximum absolute atomic E-state index is 13.9. The maximum atomic E-state index is 13.9. The number of non-ortho nitro benzene ring substituents is 1. The highest BCUT2D eigenvalue weighted by atomic mass is 35.5. The number of Topliss-reactive ketones (excluding diaryl/α,β-unsaturated/α-hetero) is 1. The van der Waals surface area contributed by atoms with Crippen molar-refractivity contribution in [1.82, 2.24) is 5.32 Å². The summed E-state index contributed by atoms with van der Waals surface area (Å²) in [6, 6.07) is 4.14. The molecule has 44 heavy (non-hydrogen) atoms. The molecule has 1 aromatic carbocycles. The highest BCUT2D eigenvalue weighted by Gasteiger charge is 2.67. The Hall–Kier alpha value is -2.63. The first-order valence-corrected chi connectivity index (χ1v) is 15.9. The number of rotatable bonds is 9. The summed E-state index contributed by atoms with van der Waals surface area (Å²) in [7, 11) is 0. The minimum atomic E-state index is -1.73. The molecular formula is C32H38Cl2N2O8. The number of fused-ring (bicyclic) bond motifs is 5. The van der Waals surface area contributed by atoms with E-state index in [0.29, 0.717) is 12.8 Å². The Morgan fingerprint density at radius 3 is 2.50 bits per heavy atom. The number of aliphatic hydroxyl groups excluding tert-OH is 2. The van der Waals surface area contributed by atoms with Crippen LogP contribution in [0, 0.1) is 38.7 Å². The van der Waals surface area contributed by atoms with E-state index in [9.17, 15) is 39.8 Å². The molecule has 10 nitrogen and oxygen atoms in total. The fourth-order valence-corrected chi connectivity index (χ4v) is 8.99. The largest absolute Gasteiger partial charge is 0.393 e. The van der Waals surface area contributed by atoms with Crippen LogP contribution in [0.2, 0.25) is 0 Å². The summed E-state index contributed by atoms with van der Waals surface area (Å²) < 4.78 is 0. The minimum Gasteiger partial charge on any atom is -0.393 e. The number of amides is 1. The number of nitro benzene ring substituents is 1. The third-order valence-corrected chi connectivity index (χ3v) is 11.5. The summed E-state index contributed by atoms with van der Waals surface area (Å²) >= 11 is 11.5. The summed E-state index contributed by atoms with van der Waals surface area (Å²) in [5.74, 6) is -1.39. The quantitative estimate of drug-likeness (QED) is 0.175. The Bertz CT molecular complexity index is 1410. The highest BCUT2D eigenvalue weighted by Crippen LogP contribution is 2.67. The molecule has 238 valence electrons. The van der Waals surface area contributed by atoms with Gasteiger partial charge in [0.15, 0.2) is 16.4 Å². The molecule has 0 aliphatic heterocycles. The van der Waals surface area contributed by atoms with Crippen LogP contribution in [0.4, 0.5) is 5.69 Å². The number of nitrogens with one attached hydrogen (secondary N) is 1. The highest BCUT2D eigenvalue weighted by molar-refractivity contribution is 6.53. The second kappa shape index (κ2) is 11.9. The number of carbonyl (C=O) groups excluding carboxylic acids is 3. The van der Waals surface area contributed by atoms with E-state index in [1.807, 2.05) is 13.0 Å². The Kier molecular flexibility index (Phi) is 8.89. The van der Waals surface area contributed by atoms with Crippen LogP contribution in [0.1, 0.15) is 70.5 Å². The van der Waals surface area contributed by atoms with Gasteiger partial charge in [-0.1, -0.05) is 48.7 Å². The van der Waals surface area contributed by atoms with Crippen LogP contribution in [0.5, 0.6) is 0 Å². The lowest BCUT2D eigenvalue weighted by atomic mass is 9.46. The fourth-order valence-electron chi connectivity index (χ4n) is 8.86. The van der Waals surface area contributed by atoms with Gasteiger partial charge in [0.2, 0.25) is 0 Å². The van der Waals surface area contributed by atoms with Gasteiger partial charge >= 0.3 is 0 Å². The maximum Gasteiger partial charge on any atom is 0.269 e. The second-order valence-corrected chi connectivity index (χ2v) is 14.4. The molecule has 3 fully saturated rings. The first-order chi connectivity index (χ1) is 20.6. The summed E-state index contributed by atoms with van der Waals surface area (Å²) in [6.45, 7) is 3.94. The van der Waals surface area contributed by atoms with E-state index in [4.69, 9.17) is 23.2 Å². The summed E-state index contributed by atoms with van der Waals surface area (Å²) in [5.41, 5.74) is -1.97. The molecule has 4 aliphatic rings. The van der Waals surface area contributed by atoms with E-state index in [-0.39, 0.29) is 60.5 Å². The SMILES string of the molecule is C[C@]12C=CC(=O)C=C1CC[C@@H]1C2[C@@H](O)C[C@@]2(C)[C@H]1CC[C@]2(O)C(=O)CC[C@@H](NC(=O)C(Cl)Cl)[C@H](O)c1ccc([N+](=O)[O-])cc1. The van der Waals surface area contributed by atoms with Crippen molar-refractivity contribution >= 4 is 46.4 Å². The molecule has 0 saturated heterocycles. The van der Waals surface area contributed by atoms with E-state index in [2.05, 4.69) is 12.2 Å². The summed E-state index contributed by atoms with van der Waals surface area (Å²) in [6.07, 6.45) is 5.28. The Morgan fingerprint density at radius 1 is 1.18 bits per heavy atom. The molecule has 12 heteroatoms. The Balaban J connectivity index is 1.35. The van der Waals surface area contributed by atoms with Crippen molar-refractivity contribution in [2.75, 3.05) is 0 Å². The van der Waals surface area contributed by atoms with Gasteiger partial charge in [-0.15, -0.1) is 0 Å². The molecule has 0 bridgehead atoms. The molecule has 4 N–H and O–H groups in total. The van der Waals surface area contributed by atoms with Gasteiger partial charge in [-0.25, -0.2) is 0 Å². The molecule has 1 aromatic rings. The molecule has 5 rings (SSSR count). The summed E-state index contributed by atoms with van der Waals surface area (Å²) in [4.78, 5) is 47.4. The molecule has 4 aliphatic carbocycles. The second-order valence-electron chi connectivity index (χ2n) is 13.3. The fraction of sp³-hybridized carbons (Fsp3) is 0.594. The van der Waals surface area contributed by atoms with Crippen molar-refractivity contribution in [2.24, 2.45) is 28.6 Å². The third-order valence-electron chi connectivity index (χ3n) is 11.1. The van der Waals surface area contributed by atoms with Crippen LogP contribution in [0.3, 0.4) is 0 Å². The van der Waals surface area contributed by atoms with Crippen molar-refractivity contribution < 1.29 is 34.6 Å². The molecule has 0 heterocycles. The Labute approximate surface area is 265 Å². The molecular weight excluding hydrogens is 611 g/mol. The number of allylic oxidation sites excluding steroid dienone is 4. The lowest BCUT2D eigenvalue weighted by Crippen LogP contribution is -2.61. The van der Waals surface area contributed by atoms with Gasteiger partial charge in [0.1, 0.15) is 5.60 Å². The summed E-state index contributed by atoms with van der Waals surface area (Å²) in [5, 5.41) is 48.4. The van der Waals surface area contributed by atoms with Crippen molar-refractivity contribution in [3.8, 4) is 0 Å². The van der Waals surface area contributed by atoms with Gasteiger partial charge in [0.25, 0.3) is 11.6 Å². The van der Waals surface area contributed by atoms with E-state index >= 15 is 0 Å². The van der Waals surface area contributed by atoms with Crippen LogP contribution in [-0.4, -0.2) is 60.3 Å². The van der Waals surface area contributed by atoms with Gasteiger partial charge in [-0.2, -0.15) is 0 Å². The van der Waals surface area contributed by atoms with Gasteiger partial charge in [-0.3, -0.25) is 24.5 Å². The van der Waals surface area contributed by atoms with Crippen LogP contribution < -0.4 is 5.32 Å². The minimum absolute atomic E-state index is 0.0243. The molecule has 0 aromatic heterocycles.